The van der Waals surface area contributed by atoms with Crippen LogP contribution in [0.3, 0.4) is 0 Å². The lowest BCUT2D eigenvalue weighted by Gasteiger charge is -2.42. The van der Waals surface area contributed by atoms with Crippen LogP contribution in [0.5, 0.6) is 5.75 Å². The van der Waals surface area contributed by atoms with E-state index in [-0.39, 0.29) is 18.0 Å². The van der Waals surface area contributed by atoms with E-state index in [1.165, 1.54) is 11.1 Å². The Morgan fingerprint density at radius 1 is 1.28 bits per heavy atom. The molecule has 2 heterocycles. The van der Waals surface area contributed by atoms with Crippen molar-refractivity contribution >= 4 is 12.4 Å². The minimum Gasteiger partial charge on any atom is -0.496 e. The lowest BCUT2D eigenvalue weighted by atomic mass is 9.79. The number of hydrogen-bond acceptors (Lipinski definition) is 3. The summed E-state index contributed by atoms with van der Waals surface area (Å²) in [6, 6.07) is 6.35. The first-order valence-corrected chi connectivity index (χ1v) is 6.37. The number of fused-ring (bicyclic) bond motifs is 2. The number of hydrogen-bond donors (Lipinski definition) is 1. The number of halogens is 1. The van der Waals surface area contributed by atoms with Gasteiger partial charge in [-0.3, -0.25) is 0 Å². The molecule has 1 spiro atoms. The van der Waals surface area contributed by atoms with Gasteiger partial charge in [0.15, 0.2) is 0 Å². The second-order valence-corrected chi connectivity index (χ2v) is 4.84. The fraction of sp³-hybridized carbons (Fsp3) is 0.571. The number of ether oxygens (including phenoxy) is 2. The largest absolute Gasteiger partial charge is 0.496 e. The molecule has 0 aliphatic carbocycles. The Bertz CT molecular complexity index is 402. The number of rotatable bonds is 1. The number of methoxy groups -OCH3 is 1. The van der Waals surface area contributed by atoms with E-state index in [0.717, 1.165) is 44.7 Å². The fourth-order valence-corrected chi connectivity index (χ4v) is 3.13. The number of piperidine rings is 1. The molecule has 1 fully saturated rings. The normalized spacial score (nSPS) is 20.9. The quantitative estimate of drug-likeness (QED) is 0.848. The van der Waals surface area contributed by atoms with Gasteiger partial charge in [-0.05, 0) is 44.0 Å². The van der Waals surface area contributed by atoms with Crippen molar-refractivity contribution in [3.63, 3.8) is 0 Å². The lowest BCUT2D eigenvalue weighted by Crippen LogP contribution is -2.45. The lowest BCUT2D eigenvalue weighted by molar-refractivity contribution is -0.0815. The Labute approximate surface area is 114 Å². The second-order valence-electron chi connectivity index (χ2n) is 4.84. The molecule has 1 N–H and O–H groups in total. The molecular formula is C14H20ClNO2. The van der Waals surface area contributed by atoms with E-state index in [2.05, 4.69) is 23.5 Å². The van der Waals surface area contributed by atoms with E-state index in [9.17, 15) is 0 Å². The van der Waals surface area contributed by atoms with Crippen molar-refractivity contribution in [1.82, 2.24) is 5.32 Å². The number of nitrogens with one attached hydrogen (secondary N) is 1. The summed E-state index contributed by atoms with van der Waals surface area (Å²) < 4.78 is 11.7. The van der Waals surface area contributed by atoms with E-state index in [0.29, 0.717) is 0 Å². The fourth-order valence-electron chi connectivity index (χ4n) is 3.13. The highest BCUT2D eigenvalue weighted by atomic mass is 35.5. The monoisotopic (exact) mass is 269 g/mol. The van der Waals surface area contributed by atoms with Gasteiger partial charge in [0.05, 0.1) is 19.3 Å². The molecule has 0 atom stereocenters. The molecule has 100 valence electrons. The van der Waals surface area contributed by atoms with Gasteiger partial charge in [-0.1, -0.05) is 12.1 Å². The number of benzene rings is 1. The molecule has 1 aromatic carbocycles. The summed E-state index contributed by atoms with van der Waals surface area (Å²) >= 11 is 0. The molecule has 2 aliphatic rings. The molecule has 0 saturated carbocycles. The van der Waals surface area contributed by atoms with Crippen molar-refractivity contribution in [2.24, 2.45) is 0 Å². The third-order valence-electron chi connectivity index (χ3n) is 3.95. The predicted octanol–water partition coefficient (Wildman–Crippen LogP) is 2.27. The molecule has 1 saturated heterocycles. The van der Waals surface area contributed by atoms with Gasteiger partial charge in [0.2, 0.25) is 0 Å². The topological polar surface area (TPSA) is 30.5 Å². The average molecular weight is 270 g/mol. The van der Waals surface area contributed by atoms with Gasteiger partial charge in [0.1, 0.15) is 5.75 Å². The SMILES string of the molecule is COc1cccc2c1C1(CCNCC1)OCC2.Cl. The van der Waals surface area contributed by atoms with Crippen molar-refractivity contribution in [2.45, 2.75) is 24.9 Å². The Balaban J connectivity index is 0.00000120. The highest BCUT2D eigenvalue weighted by Gasteiger charge is 2.41. The zero-order valence-corrected chi connectivity index (χ0v) is 11.5. The van der Waals surface area contributed by atoms with E-state index >= 15 is 0 Å². The molecule has 0 bridgehead atoms. The van der Waals surface area contributed by atoms with Crippen molar-refractivity contribution < 1.29 is 9.47 Å². The Morgan fingerprint density at radius 3 is 2.78 bits per heavy atom. The molecular weight excluding hydrogens is 250 g/mol. The minimum atomic E-state index is -0.106. The Kier molecular flexibility index (Phi) is 4.15. The van der Waals surface area contributed by atoms with Gasteiger partial charge in [0.25, 0.3) is 0 Å². The van der Waals surface area contributed by atoms with Crippen molar-refractivity contribution in [3.8, 4) is 5.75 Å². The summed E-state index contributed by atoms with van der Waals surface area (Å²) in [5.74, 6) is 0.990. The van der Waals surface area contributed by atoms with E-state index in [1.807, 2.05) is 0 Å². The van der Waals surface area contributed by atoms with E-state index in [1.54, 1.807) is 7.11 Å². The first-order chi connectivity index (χ1) is 8.36. The maximum atomic E-state index is 6.16. The van der Waals surface area contributed by atoms with E-state index < -0.39 is 0 Å². The highest BCUT2D eigenvalue weighted by molar-refractivity contribution is 5.85. The summed E-state index contributed by atoms with van der Waals surface area (Å²) in [6.45, 7) is 2.88. The molecule has 4 heteroatoms. The van der Waals surface area contributed by atoms with Crippen LogP contribution in [0.15, 0.2) is 18.2 Å². The smallest absolute Gasteiger partial charge is 0.125 e. The molecule has 3 nitrogen and oxygen atoms in total. The van der Waals surface area contributed by atoms with Gasteiger partial charge in [-0.15, -0.1) is 12.4 Å². The first kappa shape index (κ1) is 13.7. The first-order valence-electron chi connectivity index (χ1n) is 6.37. The molecule has 0 aromatic heterocycles. The Hall–Kier alpha value is -0.770. The third kappa shape index (κ3) is 2.11. The second kappa shape index (κ2) is 5.47. The van der Waals surface area contributed by atoms with Gasteiger partial charge in [0, 0.05) is 5.56 Å². The molecule has 3 rings (SSSR count). The van der Waals surface area contributed by atoms with Crippen molar-refractivity contribution in [1.29, 1.82) is 0 Å². The van der Waals surface area contributed by atoms with Crippen LogP contribution in [-0.2, 0) is 16.8 Å². The standard InChI is InChI=1S/C14H19NO2.ClH/c1-16-12-4-2-3-11-5-10-17-14(13(11)12)6-8-15-9-7-14;/h2-4,15H,5-10H2,1H3;1H. The van der Waals surface area contributed by atoms with Gasteiger partial charge >= 0.3 is 0 Å². The molecule has 0 unspecified atom stereocenters. The summed E-state index contributed by atoms with van der Waals surface area (Å²) in [6.07, 6.45) is 3.09. The maximum absolute atomic E-state index is 6.16. The van der Waals surface area contributed by atoms with Crippen molar-refractivity contribution in [2.75, 3.05) is 26.8 Å². The molecule has 18 heavy (non-hydrogen) atoms. The molecule has 0 radical (unpaired) electrons. The van der Waals surface area contributed by atoms with Crippen LogP contribution in [0.1, 0.15) is 24.0 Å². The molecule has 2 aliphatic heterocycles. The summed E-state index contributed by atoms with van der Waals surface area (Å²) in [5.41, 5.74) is 2.60. The Morgan fingerprint density at radius 2 is 2.06 bits per heavy atom. The minimum absolute atomic E-state index is 0. The predicted molar refractivity (Wildman–Crippen MR) is 73.7 cm³/mol. The van der Waals surface area contributed by atoms with E-state index in [4.69, 9.17) is 9.47 Å². The van der Waals surface area contributed by atoms with Crippen molar-refractivity contribution in [3.05, 3.63) is 29.3 Å². The zero-order chi connectivity index (χ0) is 11.7. The van der Waals surface area contributed by atoms with Crippen LogP contribution in [0, 0.1) is 0 Å². The maximum Gasteiger partial charge on any atom is 0.125 e. The van der Waals surface area contributed by atoms with Crippen LogP contribution >= 0.6 is 12.4 Å². The van der Waals surface area contributed by atoms with Crippen LogP contribution < -0.4 is 10.1 Å². The molecule has 0 amide bonds. The highest BCUT2D eigenvalue weighted by Crippen LogP contribution is 2.44. The summed E-state index contributed by atoms with van der Waals surface area (Å²) in [5, 5.41) is 3.40. The van der Waals surface area contributed by atoms with Gasteiger partial charge < -0.3 is 14.8 Å². The van der Waals surface area contributed by atoms with Gasteiger partial charge in [-0.25, -0.2) is 0 Å². The zero-order valence-electron chi connectivity index (χ0n) is 10.7. The summed E-state index contributed by atoms with van der Waals surface area (Å²) in [7, 11) is 1.75. The molecule has 1 aromatic rings. The van der Waals surface area contributed by atoms with Crippen LogP contribution in [0.4, 0.5) is 0 Å². The third-order valence-corrected chi connectivity index (χ3v) is 3.95. The van der Waals surface area contributed by atoms with Crippen LogP contribution in [0.25, 0.3) is 0 Å². The summed E-state index contributed by atoms with van der Waals surface area (Å²) in [4.78, 5) is 0. The van der Waals surface area contributed by atoms with Gasteiger partial charge in [-0.2, -0.15) is 0 Å². The van der Waals surface area contributed by atoms with Crippen LogP contribution in [-0.4, -0.2) is 26.8 Å². The average Bonchev–Trinajstić information content (AvgIpc) is 2.39. The van der Waals surface area contributed by atoms with Crippen LogP contribution in [0.2, 0.25) is 0 Å².